The van der Waals surface area contributed by atoms with Crippen molar-refractivity contribution in [1.29, 1.82) is 0 Å². The van der Waals surface area contributed by atoms with Gasteiger partial charge in [-0.3, -0.25) is 19.3 Å². The van der Waals surface area contributed by atoms with E-state index in [9.17, 15) is 14.4 Å². The summed E-state index contributed by atoms with van der Waals surface area (Å²) in [6.45, 7) is 4.52. The third kappa shape index (κ3) is 7.50. The number of thioether (sulfide) groups is 1. The van der Waals surface area contributed by atoms with E-state index < -0.39 is 0 Å². The van der Waals surface area contributed by atoms with Crippen LogP contribution in [0, 0.1) is 5.92 Å². The van der Waals surface area contributed by atoms with Gasteiger partial charge in [0.1, 0.15) is 0 Å². The Balaban J connectivity index is 1.41. The van der Waals surface area contributed by atoms with E-state index >= 15 is 0 Å². The van der Waals surface area contributed by atoms with Crippen LogP contribution >= 0.6 is 11.8 Å². The molecule has 0 atom stereocenters. The van der Waals surface area contributed by atoms with Crippen molar-refractivity contribution in [2.24, 2.45) is 5.92 Å². The summed E-state index contributed by atoms with van der Waals surface area (Å²) in [5, 5.41) is 5.88. The summed E-state index contributed by atoms with van der Waals surface area (Å²) in [6.07, 6.45) is 2.31. The lowest BCUT2D eigenvalue weighted by atomic mass is 9.96. The molecule has 2 saturated heterocycles. The predicted octanol–water partition coefficient (Wildman–Crippen LogP) is 1.68. The first kappa shape index (κ1) is 24.5. The number of nitrogens with zero attached hydrogens (tertiary/aromatic N) is 2. The van der Waals surface area contributed by atoms with Crippen LogP contribution in [0.1, 0.15) is 29.6 Å². The maximum Gasteiger partial charge on any atom is 0.253 e. The quantitative estimate of drug-likeness (QED) is 0.543. The molecule has 0 saturated carbocycles. The Kier molecular flexibility index (Phi) is 9.83. The Morgan fingerprint density at radius 2 is 1.88 bits per heavy atom. The van der Waals surface area contributed by atoms with Crippen LogP contribution in [-0.4, -0.2) is 92.0 Å². The summed E-state index contributed by atoms with van der Waals surface area (Å²) in [6, 6.07) is 7.16. The molecule has 0 radical (unpaired) electrons. The van der Waals surface area contributed by atoms with Gasteiger partial charge in [-0.25, -0.2) is 0 Å². The molecule has 2 aliphatic rings. The number of piperidine rings is 1. The van der Waals surface area contributed by atoms with Crippen LogP contribution in [0.5, 0.6) is 0 Å². The number of amides is 3. The van der Waals surface area contributed by atoms with Crippen LogP contribution in [0.3, 0.4) is 0 Å². The van der Waals surface area contributed by atoms with Crippen molar-refractivity contribution < 1.29 is 19.1 Å². The fraction of sp³-hybridized carbons (Fsp3) is 0.609. The summed E-state index contributed by atoms with van der Waals surface area (Å²) in [4.78, 5) is 41.4. The van der Waals surface area contributed by atoms with Gasteiger partial charge in [0.15, 0.2) is 0 Å². The van der Waals surface area contributed by atoms with Gasteiger partial charge in [-0.15, -0.1) is 0 Å². The first-order valence-electron chi connectivity index (χ1n) is 11.3. The molecule has 0 spiro atoms. The highest BCUT2D eigenvalue weighted by Gasteiger charge is 2.26. The van der Waals surface area contributed by atoms with E-state index in [1.54, 1.807) is 31.4 Å². The third-order valence-electron chi connectivity index (χ3n) is 5.84. The molecule has 9 heteroatoms. The van der Waals surface area contributed by atoms with Gasteiger partial charge in [-0.05, 0) is 50.6 Å². The van der Waals surface area contributed by atoms with E-state index in [1.165, 1.54) is 0 Å². The standard InChI is InChI=1S/C23H34N4O4S/c1-31-13-3-8-24-22(29)18-6-9-26(10-7-18)17-21(28)25-20-5-2-4-19(16-20)23(30)27-11-14-32-15-12-27/h2,4-5,16,18H,3,6-15,17H2,1H3,(H,24,29)(H,25,28). The van der Waals surface area contributed by atoms with Gasteiger partial charge < -0.3 is 20.3 Å². The van der Waals surface area contributed by atoms with Crippen molar-refractivity contribution >= 4 is 35.2 Å². The van der Waals surface area contributed by atoms with Gasteiger partial charge in [0, 0.05) is 62.0 Å². The van der Waals surface area contributed by atoms with Crippen LogP contribution in [0.4, 0.5) is 5.69 Å². The number of rotatable bonds is 9. The third-order valence-corrected chi connectivity index (χ3v) is 6.78. The van der Waals surface area contributed by atoms with Crippen molar-refractivity contribution in [2.45, 2.75) is 19.3 Å². The number of hydrogen-bond donors (Lipinski definition) is 2. The normalized spacial score (nSPS) is 17.7. The number of hydrogen-bond acceptors (Lipinski definition) is 6. The minimum Gasteiger partial charge on any atom is -0.385 e. The number of carbonyl (C=O) groups is 3. The highest BCUT2D eigenvalue weighted by Crippen LogP contribution is 2.19. The number of likely N-dealkylation sites (tertiary alicyclic amines) is 1. The molecule has 2 heterocycles. The molecule has 8 nitrogen and oxygen atoms in total. The van der Waals surface area contributed by atoms with Crippen molar-refractivity contribution in [3.05, 3.63) is 29.8 Å². The molecule has 1 aromatic rings. The molecular formula is C23H34N4O4S. The lowest BCUT2D eigenvalue weighted by molar-refractivity contribution is -0.126. The number of ether oxygens (including phenoxy) is 1. The summed E-state index contributed by atoms with van der Waals surface area (Å²) < 4.78 is 4.99. The van der Waals surface area contributed by atoms with Crippen LogP contribution in [0.15, 0.2) is 24.3 Å². The average Bonchev–Trinajstić information content (AvgIpc) is 2.82. The first-order valence-corrected chi connectivity index (χ1v) is 12.5. The molecule has 32 heavy (non-hydrogen) atoms. The number of nitrogens with one attached hydrogen (secondary N) is 2. The zero-order chi connectivity index (χ0) is 22.8. The molecule has 1 aromatic carbocycles. The lowest BCUT2D eigenvalue weighted by Crippen LogP contribution is -2.43. The van der Waals surface area contributed by atoms with E-state index in [0.29, 0.717) is 24.4 Å². The van der Waals surface area contributed by atoms with Crippen LogP contribution in [0.2, 0.25) is 0 Å². The Bertz CT molecular complexity index is 777. The van der Waals surface area contributed by atoms with Crippen molar-refractivity contribution in [3.63, 3.8) is 0 Å². The first-order chi connectivity index (χ1) is 15.6. The van der Waals surface area contributed by atoms with E-state index in [0.717, 1.165) is 56.9 Å². The second kappa shape index (κ2) is 12.8. The van der Waals surface area contributed by atoms with Gasteiger partial charge in [0.25, 0.3) is 5.91 Å². The highest BCUT2D eigenvalue weighted by molar-refractivity contribution is 7.99. The average molecular weight is 463 g/mol. The summed E-state index contributed by atoms with van der Waals surface area (Å²) in [5.74, 6) is 1.95. The minimum atomic E-state index is -0.105. The molecule has 2 fully saturated rings. The van der Waals surface area contributed by atoms with E-state index in [4.69, 9.17) is 4.74 Å². The maximum absolute atomic E-state index is 12.7. The maximum atomic E-state index is 12.7. The zero-order valence-electron chi connectivity index (χ0n) is 18.8. The molecule has 0 unspecified atom stereocenters. The fourth-order valence-corrected chi connectivity index (χ4v) is 4.91. The van der Waals surface area contributed by atoms with Gasteiger partial charge in [-0.1, -0.05) is 6.07 Å². The second-order valence-corrected chi connectivity index (χ2v) is 9.45. The monoisotopic (exact) mass is 462 g/mol. The van der Waals surface area contributed by atoms with Crippen molar-refractivity contribution in [1.82, 2.24) is 15.1 Å². The van der Waals surface area contributed by atoms with Crippen LogP contribution in [0.25, 0.3) is 0 Å². The molecule has 3 amide bonds. The lowest BCUT2D eigenvalue weighted by Gasteiger charge is -2.30. The van der Waals surface area contributed by atoms with Crippen molar-refractivity contribution in [2.75, 3.05) is 69.8 Å². The van der Waals surface area contributed by atoms with Crippen molar-refractivity contribution in [3.8, 4) is 0 Å². The van der Waals surface area contributed by atoms with Crippen LogP contribution < -0.4 is 10.6 Å². The summed E-state index contributed by atoms with van der Waals surface area (Å²) in [5.41, 5.74) is 1.24. The SMILES string of the molecule is COCCCNC(=O)C1CCN(CC(=O)Nc2cccc(C(=O)N3CCSCC3)c2)CC1. The summed E-state index contributed by atoms with van der Waals surface area (Å²) >= 11 is 1.86. The molecule has 0 aliphatic carbocycles. The molecule has 2 N–H and O–H groups in total. The minimum absolute atomic E-state index is 0.00716. The summed E-state index contributed by atoms with van der Waals surface area (Å²) in [7, 11) is 1.65. The number of benzene rings is 1. The fourth-order valence-electron chi connectivity index (χ4n) is 4.01. The van der Waals surface area contributed by atoms with E-state index in [1.807, 2.05) is 16.7 Å². The topological polar surface area (TPSA) is 91.0 Å². The van der Waals surface area contributed by atoms with Gasteiger partial charge in [-0.2, -0.15) is 11.8 Å². The Morgan fingerprint density at radius 1 is 1.12 bits per heavy atom. The number of methoxy groups -OCH3 is 1. The molecule has 0 aromatic heterocycles. The molecular weight excluding hydrogens is 428 g/mol. The Morgan fingerprint density at radius 3 is 2.59 bits per heavy atom. The molecule has 176 valence electrons. The van der Waals surface area contributed by atoms with Gasteiger partial charge in [0.05, 0.1) is 6.54 Å². The molecule has 0 bridgehead atoms. The molecule has 2 aliphatic heterocycles. The number of anilines is 1. The Hall–Kier alpha value is -2.10. The van der Waals surface area contributed by atoms with E-state index in [2.05, 4.69) is 15.5 Å². The zero-order valence-corrected chi connectivity index (χ0v) is 19.6. The highest BCUT2D eigenvalue weighted by atomic mass is 32.2. The second-order valence-electron chi connectivity index (χ2n) is 8.22. The van der Waals surface area contributed by atoms with E-state index in [-0.39, 0.29) is 30.2 Å². The predicted molar refractivity (Wildman–Crippen MR) is 127 cm³/mol. The Labute approximate surface area is 194 Å². The smallest absolute Gasteiger partial charge is 0.253 e. The van der Waals surface area contributed by atoms with Gasteiger partial charge in [0.2, 0.25) is 11.8 Å². The largest absolute Gasteiger partial charge is 0.385 e. The molecule has 3 rings (SSSR count). The van der Waals surface area contributed by atoms with Gasteiger partial charge >= 0.3 is 0 Å². The number of carbonyl (C=O) groups excluding carboxylic acids is 3. The van der Waals surface area contributed by atoms with Crippen LogP contribution in [-0.2, 0) is 14.3 Å².